The number of anilines is 1. The molecule has 222 valence electrons. The topological polar surface area (TPSA) is 129 Å². The molecular weight excluding hydrogens is 616 g/mol. The molecule has 3 heterocycles. The van der Waals surface area contributed by atoms with Gasteiger partial charge in [-0.1, -0.05) is 29.0 Å². The minimum Gasteiger partial charge on any atom is -0.490 e. The average molecular weight is 641 g/mol. The first-order chi connectivity index (χ1) is 20.7. The molecule has 1 fully saturated rings. The number of halogens is 1. The Labute approximate surface area is 259 Å². The molecule has 43 heavy (non-hydrogen) atoms. The van der Waals surface area contributed by atoms with Gasteiger partial charge in [-0.05, 0) is 74.1 Å². The molecule has 5 rings (SSSR count). The van der Waals surface area contributed by atoms with Crippen LogP contribution >= 0.6 is 35.2 Å². The van der Waals surface area contributed by atoms with Crippen LogP contribution in [-0.4, -0.2) is 47.8 Å². The predicted molar refractivity (Wildman–Crippen MR) is 164 cm³/mol. The Balaban J connectivity index is 1.62. The van der Waals surface area contributed by atoms with Crippen molar-refractivity contribution < 1.29 is 28.6 Å². The standard InChI is InChI=1S/C29H25ClN4O7S2/c1-4-40-20-11-6-15(12-21(20)41-5-2)23-19(27(38)39-3)14-31-29-34(23)26(37)22(43-29)13-18-24(35)32-28(42)33(25(18)36)17-9-7-16(30)8-10-17/h6-14,18,23H,4-5H2,1-3H3,(H,32,35,42)/b22-13-/t18-,23-/m0/s1. The third-order valence-electron chi connectivity index (χ3n) is 6.61. The van der Waals surface area contributed by atoms with Gasteiger partial charge in [0.1, 0.15) is 5.92 Å². The maximum atomic E-state index is 13.9. The molecule has 3 aromatic rings. The van der Waals surface area contributed by atoms with Crippen molar-refractivity contribution in [3.05, 3.63) is 84.5 Å². The third-order valence-corrected chi connectivity index (χ3v) is 8.16. The zero-order valence-electron chi connectivity index (χ0n) is 23.2. The van der Waals surface area contributed by atoms with Gasteiger partial charge in [-0.25, -0.2) is 9.79 Å². The van der Waals surface area contributed by atoms with Crippen LogP contribution in [0.3, 0.4) is 0 Å². The molecule has 0 radical (unpaired) electrons. The molecule has 2 aromatic carbocycles. The van der Waals surface area contributed by atoms with Gasteiger partial charge in [0.05, 0.1) is 42.2 Å². The van der Waals surface area contributed by atoms with Crippen molar-refractivity contribution in [3.63, 3.8) is 0 Å². The monoisotopic (exact) mass is 640 g/mol. The van der Waals surface area contributed by atoms with Gasteiger partial charge >= 0.3 is 5.97 Å². The van der Waals surface area contributed by atoms with Crippen molar-refractivity contribution in [2.24, 2.45) is 10.9 Å². The Morgan fingerprint density at radius 2 is 1.79 bits per heavy atom. The number of thiocarbonyl (C=S) groups is 1. The summed E-state index contributed by atoms with van der Waals surface area (Å²) < 4.78 is 17.9. The van der Waals surface area contributed by atoms with E-state index >= 15 is 0 Å². The highest BCUT2D eigenvalue weighted by Gasteiger charge is 2.39. The van der Waals surface area contributed by atoms with E-state index in [1.165, 1.54) is 28.9 Å². The number of esters is 1. The molecule has 1 saturated heterocycles. The van der Waals surface area contributed by atoms with Gasteiger partial charge in [0.25, 0.3) is 5.56 Å². The highest BCUT2D eigenvalue weighted by Crippen LogP contribution is 2.35. The van der Waals surface area contributed by atoms with E-state index in [4.69, 9.17) is 38.0 Å². The van der Waals surface area contributed by atoms with E-state index in [9.17, 15) is 19.2 Å². The van der Waals surface area contributed by atoms with Crippen molar-refractivity contribution in [1.82, 2.24) is 9.88 Å². The van der Waals surface area contributed by atoms with Crippen molar-refractivity contribution in [3.8, 4) is 11.5 Å². The number of carbonyl (C=O) groups excluding carboxylic acids is 3. The number of fused-ring (bicyclic) bond motifs is 1. The molecule has 0 bridgehead atoms. The lowest BCUT2D eigenvalue weighted by atomic mass is 9.97. The number of nitrogens with zero attached hydrogens (tertiary/aromatic N) is 3. The molecule has 11 nitrogen and oxygen atoms in total. The number of rotatable bonds is 8. The maximum absolute atomic E-state index is 13.9. The Morgan fingerprint density at radius 1 is 1.09 bits per heavy atom. The molecule has 1 N–H and O–H groups in total. The molecule has 14 heteroatoms. The number of methoxy groups -OCH3 is 1. The fraction of sp³-hybridized carbons (Fsp3) is 0.241. The van der Waals surface area contributed by atoms with Crippen LogP contribution in [0, 0.1) is 5.92 Å². The summed E-state index contributed by atoms with van der Waals surface area (Å²) >= 11 is 12.2. The molecular formula is C29H25ClN4O7S2. The molecule has 2 aliphatic rings. The van der Waals surface area contributed by atoms with Gasteiger partial charge in [-0.2, -0.15) is 0 Å². The van der Waals surface area contributed by atoms with Gasteiger partial charge in [0.2, 0.25) is 11.8 Å². The van der Waals surface area contributed by atoms with Crippen LogP contribution < -0.4 is 34.6 Å². The highest BCUT2D eigenvalue weighted by molar-refractivity contribution is 7.80. The van der Waals surface area contributed by atoms with Crippen LogP contribution in [0.25, 0.3) is 6.08 Å². The second-order valence-corrected chi connectivity index (χ2v) is 11.0. The first kappa shape index (κ1) is 30.1. The molecule has 1 aromatic heterocycles. The number of amides is 2. The van der Waals surface area contributed by atoms with E-state index in [1.807, 2.05) is 13.8 Å². The van der Waals surface area contributed by atoms with Crippen LogP contribution in [0.2, 0.25) is 5.02 Å². The first-order valence-corrected chi connectivity index (χ1v) is 14.7. The Kier molecular flexibility index (Phi) is 8.76. The van der Waals surface area contributed by atoms with E-state index in [0.29, 0.717) is 41.0 Å². The normalized spacial score (nSPS) is 18.4. The van der Waals surface area contributed by atoms with Crippen LogP contribution in [-0.2, 0) is 19.1 Å². The lowest BCUT2D eigenvalue weighted by Crippen LogP contribution is -2.58. The molecule has 0 saturated carbocycles. The number of thiazole rings is 1. The van der Waals surface area contributed by atoms with Gasteiger partial charge in [0.15, 0.2) is 21.4 Å². The Morgan fingerprint density at radius 3 is 2.47 bits per heavy atom. The zero-order valence-corrected chi connectivity index (χ0v) is 25.5. The summed E-state index contributed by atoms with van der Waals surface area (Å²) in [6, 6.07) is 10.6. The van der Waals surface area contributed by atoms with Gasteiger partial charge in [-0.3, -0.25) is 23.9 Å². The average Bonchev–Trinajstić information content (AvgIpc) is 3.31. The van der Waals surface area contributed by atoms with E-state index in [-0.39, 0.29) is 20.0 Å². The Hall–Kier alpha value is -4.33. The molecule has 0 unspecified atom stereocenters. The first-order valence-electron chi connectivity index (χ1n) is 13.1. The van der Waals surface area contributed by atoms with Crippen molar-refractivity contribution in [1.29, 1.82) is 0 Å². The van der Waals surface area contributed by atoms with Crippen molar-refractivity contribution >= 4 is 69.8 Å². The molecule has 0 aliphatic carbocycles. The van der Waals surface area contributed by atoms with Gasteiger partial charge < -0.3 is 19.5 Å². The van der Waals surface area contributed by atoms with Crippen LogP contribution in [0.1, 0.15) is 25.5 Å². The molecule has 0 spiro atoms. The van der Waals surface area contributed by atoms with E-state index in [1.54, 1.807) is 42.5 Å². The minimum atomic E-state index is -1.36. The van der Waals surface area contributed by atoms with Crippen LogP contribution in [0.4, 0.5) is 5.69 Å². The largest absolute Gasteiger partial charge is 0.490 e. The summed E-state index contributed by atoms with van der Waals surface area (Å²) in [6.45, 7) is 4.45. The molecule has 2 aliphatic heterocycles. The minimum absolute atomic E-state index is 0.0802. The SMILES string of the molecule is CCOc1ccc([C@H]2C(C(=O)OC)=CN=c3s/c(=C\[C@H]4C(=O)NC(=S)N(c5ccc(Cl)cc5)C4=O)c(=O)n32)cc1OCC. The Bertz CT molecular complexity index is 1850. The summed E-state index contributed by atoms with van der Waals surface area (Å²) in [4.78, 5) is 59.0. The summed E-state index contributed by atoms with van der Waals surface area (Å²) in [6.07, 6.45) is 2.64. The van der Waals surface area contributed by atoms with E-state index < -0.39 is 35.3 Å². The fourth-order valence-electron chi connectivity index (χ4n) is 4.72. The summed E-state index contributed by atoms with van der Waals surface area (Å²) in [5.74, 6) is -2.41. The zero-order chi connectivity index (χ0) is 30.8. The quantitative estimate of drug-likeness (QED) is 0.226. The lowest BCUT2D eigenvalue weighted by molar-refractivity contribution is -0.136. The third kappa shape index (κ3) is 5.70. The summed E-state index contributed by atoms with van der Waals surface area (Å²) in [7, 11) is 1.24. The smallest absolute Gasteiger partial charge is 0.337 e. The fourth-order valence-corrected chi connectivity index (χ4v) is 6.13. The maximum Gasteiger partial charge on any atom is 0.337 e. The van der Waals surface area contributed by atoms with Gasteiger partial charge in [0, 0.05) is 11.2 Å². The summed E-state index contributed by atoms with van der Waals surface area (Å²) in [5, 5.41) is 2.90. The number of hydrogen-bond acceptors (Lipinski definition) is 10. The number of carbonyl (C=O) groups is 3. The molecule has 2 amide bonds. The van der Waals surface area contributed by atoms with E-state index in [0.717, 1.165) is 11.3 Å². The van der Waals surface area contributed by atoms with E-state index in [2.05, 4.69) is 10.3 Å². The van der Waals surface area contributed by atoms with Gasteiger partial charge in [-0.15, -0.1) is 0 Å². The second-order valence-electron chi connectivity index (χ2n) is 9.19. The highest BCUT2D eigenvalue weighted by atomic mass is 35.5. The predicted octanol–water partition coefficient (Wildman–Crippen LogP) is 2.48. The summed E-state index contributed by atoms with van der Waals surface area (Å²) in [5.41, 5.74) is 0.500. The van der Waals surface area contributed by atoms with Crippen LogP contribution in [0.5, 0.6) is 11.5 Å². The number of aromatic nitrogens is 1. The number of benzene rings is 2. The number of hydrogen-bond donors (Lipinski definition) is 1. The van der Waals surface area contributed by atoms with Crippen molar-refractivity contribution in [2.75, 3.05) is 25.2 Å². The second kappa shape index (κ2) is 12.5. The van der Waals surface area contributed by atoms with Crippen molar-refractivity contribution in [2.45, 2.75) is 19.9 Å². The van der Waals surface area contributed by atoms with Crippen LogP contribution in [0.15, 0.2) is 64.0 Å². The number of nitrogens with one attached hydrogen (secondary N) is 1. The lowest BCUT2D eigenvalue weighted by Gasteiger charge is -2.31. The number of ether oxygens (including phenoxy) is 3. The molecule has 2 atom stereocenters.